The number of ether oxygens (including phenoxy) is 2. The average Bonchev–Trinajstić information content (AvgIpc) is 2.78. The monoisotopic (exact) mass is 444 g/mol. The van der Waals surface area contributed by atoms with E-state index in [-0.39, 0.29) is 17.1 Å². The van der Waals surface area contributed by atoms with Crippen molar-refractivity contribution in [1.29, 1.82) is 0 Å². The number of methoxy groups -OCH3 is 1. The molecule has 0 saturated heterocycles. The number of hydrogen-bond donors (Lipinski definition) is 6. The van der Waals surface area contributed by atoms with Crippen molar-refractivity contribution >= 4 is 5.97 Å². The standard InChI is InChI=1S/C9H10O3.C7H6O5.C7H8O/c10-6-4-8(11)7-2-1-3-12-9(7)5-6;8-4-1-3(7(11)12)2-5(9)6(4)10;1-8-7-5-3-2-4-6-7/h4-5,10-11H,1-3H2;1-2,8-10H,(H,11,12);2-6H,1H3. The number of aromatic carboxylic acids is 1. The number of carbonyl (C=O) groups is 1. The minimum Gasteiger partial charge on any atom is -0.508 e. The lowest BCUT2D eigenvalue weighted by Crippen LogP contribution is -2.07. The summed E-state index contributed by atoms with van der Waals surface area (Å²) in [6.45, 7) is 0.663. The molecule has 4 rings (SSSR count). The van der Waals surface area contributed by atoms with Crippen LogP contribution in [-0.4, -0.2) is 50.3 Å². The number of fused-ring (bicyclic) bond motifs is 1. The van der Waals surface area contributed by atoms with Crippen molar-refractivity contribution in [3.05, 3.63) is 65.7 Å². The molecule has 0 amide bonds. The van der Waals surface area contributed by atoms with Crippen molar-refractivity contribution in [3.8, 4) is 40.2 Å². The number of rotatable bonds is 2. The largest absolute Gasteiger partial charge is 0.508 e. The minimum atomic E-state index is -1.29. The van der Waals surface area contributed by atoms with Crippen molar-refractivity contribution in [1.82, 2.24) is 0 Å². The Morgan fingerprint density at radius 3 is 2.06 bits per heavy atom. The molecule has 0 saturated carbocycles. The summed E-state index contributed by atoms with van der Waals surface area (Å²) < 4.78 is 10.2. The van der Waals surface area contributed by atoms with E-state index >= 15 is 0 Å². The molecule has 0 aromatic heterocycles. The molecule has 3 aromatic rings. The van der Waals surface area contributed by atoms with Crippen LogP contribution in [0.15, 0.2) is 54.6 Å². The summed E-state index contributed by atoms with van der Waals surface area (Å²) in [7, 11) is 1.66. The van der Waals surface area contributed by atoms with Gasteiger partial charge < -0.3 is 40.1 Å². The molecule has 1 heterocycles. The zero-order valence-electron chi connectivity index (χ0n) is 17.2. The third-order valence-corrected chi connectivity index (χ3v) is 4.29. The SMILES string of the molecule is COc1ccccc1.O=C(O)c1cc(O)c(O)c(O)c1.Oc1cc(O)c2c(c1)OCCC2. The quantitative estimate of drug-likeness (QED) is 0.325. The maximum atomic E-state index is 10.3. The molecule has 0 atom stereocenters. The first-order valence-electron chi connectivity index (χ1n) is 9.47. The lowest BCUT2D eigenvalue weighted by Gasteiger charge is -2.17. The van der Waals surface area contributed by atoms with Gasteiger partial charge in [0.25, 0.3) is 0 Å². The van der Waals surface area contributed by atoms with Gasteiger partial charge in [0.05, 0.1) is 19.3 Å². The second-order valence-electron chi connectivity index (χ2n) is 6.58. The van der Waals surface area contributed by atoms with E-state index in [0.717, 1.165) is 36.3 Å². The molecule has 1 aliphatic heterocycles. The molecule has 9 heteroatoms. The van der Waals surface area contributed by atoms with Crippen LogP contribution in [0.1, 0.15) is 22.3 Å². The molecule has 3 aromatic carbocycles. The first-order chi connectivity index (χ1) is 15.2. The second-order valence-corrected chi connectivity index (χ2v) is 6.58. The molecule has 0 unspecified atom stereocenters. The van der Waals surface area contributed by atoms with E-state index in [4.69, 9.17) is 35.0 Å². The highest BCUT2D eigenvalue weighted by Gasteiger charge is 2.15. The first-order valence-corrected chi connectivity index (χ1v) is 9.47. The number of para-hydroxylation sites is 1. The summed E-state index contributed by atoms with van der Waals surface area (Å²) in [4.78, 5) is 10.3. The summed E-state index contributed by atoms with van der Waals surface area (Å²) in [5.41, 5.74) is 0.516. The predicted octanol–water partition coefficient (Wildman–Crippen LogP) is 3.62. The highest BCUT2D eigenvalue weighted by molar-refractivity contribution is 5.89. The zero-order chi connectivity index (χ0) is 23.7. The molecule has 1 aliphatic rings. The van der Waals surface area contributed by atoms with Crippen LogP contribution in [0.25, 0.3) is 0 Å². The number of phenolic OH excluding ortho intramolecular Hbond substituents is 5. The minimum absolute atomic E-state index is 0.0492. The van der Waals surface area contributed by atoms with Crippen LogP contribution in [0.4, 0.5) is 0 Å². The average molecular weight is 444 g/mol. The molecule has 170 valence electrons. The normalized spacial score (nSPS) is 11.4. The van der Waals surface area contributed by atoms with Crippen LogP contribution < -0.4 is 9.47 Å². The number of aromatic hydroxyl groups is 5. The third kappa shape index (κ3) is 6.63. The van der Waals surface area contributed by atoms with Gasteiger partial charge in [-0.15, -0.1) is 0 Å². The number of hydrogen-bond acceptors (Lipinski definition) is 8. The molecule has 0 spiro atoms. The van der Waals surface area contributed by atoms with Crippen LogP contribution in [0.2, 0.25) is 0 Å². The van der Waals surface area contributed by atoms with Crippen LogP contribution in [0.5, 0.6) is 40.2 Å². The van der Waals surface area contributed by atoms with E-state index < -0.39 is 23.2 Å². The summed E-state index contributed by atoms with van der Waals surface area (Å²) >= 11 is 0. The molecular formula is C23H24O9. The molecule has 6 N–H and O–H groups in total. The van der Waals surface area contributed by atoms with Gasteiger partial charge in [-0.05, 0) is 37.1 Å². The Morgan fingerprint density at radius 2 is 1.53 bits per heavy atom. The molecule has 0 bridgehead atoms. The Bertz CT molecular complexity index is 1030. The highest BCUT2D eigenvalue weighted by atomic mass is 16.5. The van der Waals surface area contributed by atoms with Gasteiger partial charge in [-0.2, -0.15) is 0 Å². The third-order valence-electron chi connectivity index (χ3n) is 4.29. The lowest BCUT2D eigenvalue weighted by molar-refractivity contribution is 0.0696. The topological polar surface area (TPSA) is 157 Å². The molecule has 32 heavy (non-hydrogen) atoms. The Morgan fingerprint density at radius 1 is 0.906 bits per heavy atom. The maximum Gasteiger partial charge on any atom is 0.335 e. The predicted molar refractivity (Wildman–Crippen MR) is 115 cm³/mol. The van der Waals surface area contributed by atoms with Crippen LogP contribution in [-0.2, 0) is 6.42 Å². The Kier molecular flexibility index (Phi) is 8.41. The van der Waals surface area contributed by atoms with Crippen molar-refractivity contribution in [2.75, 3.05) is 13.7 Å². The molecular weight excluding hydrogens is 420 g/mol. The van der Waals surface area contributed by atoms with Gasteiger partial charge >= 0.3 is 5.97 Å². The summed E-state index contributed by atoms with van der Waals surface area (Å²) in [6.07, 6.45) is 1.74. The Hall–Kier alpha value is -4.27. The van der Waals surface area contributed by atoms with Crippen LogP contribution in [0, 0.1) is 0 Å². The van der Waals surface area contributed by atoms with Crippen LogP contribution >= 0.6 is 0 Å². The zero-order valence-corrected chi connectivity index (χ0v) is 17.2. The van der Waals surface area contributed by atoms with E-state index in [2.05, 4.69) is 0 Å². The van der Waals surface area contributed by atoms with Gasteiger partial charge in [-0.1, -0.05) is 18.2 Å². The van der Waals surface area contributed by atoms with Gasteiger partial charge in [-0.3, -0.25) is 0 Å². The molecule has 0 fully saturated rings. The van der Waals surface area contributed by atoms with Crippen molar-refractivity contribution < 1.29 is 44.9 Å². The number of phenols is 5. The van der Waals surface area contributed by atoms with E-state index in [1.807, 2.05) is 30.3 Å². The Labute approximate surface area is 184 Å². The van der Waals surface area contributed by atoms with Gasteiger partial charge in [0.2, 0.25) is 0 Å². The lowest BCUT2D eigenvalue weighted by atomic mass is 10.1. The number of benzene rings is 3. The van der Waals surface area contributed by atoms with Crippen molar-refractivity contribution in [3.63, 3.8) is 0 Å². The maximum absolute atomic E-state index is 10.3. The van der Waals surface area contributed by atoms with E-state index in [1.165, 1.54) is 12.1 Å². The van der Waals surface area contributed by atoms with Gasteiger partial charge in [0.1, 0.15) is 23.0 Å². The Balaban J connectivity index is 0.000000174. The summed E-state index contributed by atoms with van der Waals surface area (Å²) in [6, 6.07) is 14.2. The van der Waals surface area contributed by atoms with Crippen LogP contribution in [0.3, 0.4) is 0 Å². The van der Waals surface area contributed by atoms with E-state index in [1.54, 1.807) is 7.11 Å². The fraction of sp³-hybridized carbons (Fsp3) is 0.174. The molecule has 0 aliphatic carbocycles. The molecule has 9 nitrogen and oxygen atoms in total. The van der Waals surface area contributed by atoms with E-state index in [9.17, 15) is 9.90 Å². The molecule has 0 radical (unpaired) electrons. The second kappa shape index (κ2) is 11.2. The highest BCUT2D eigenvalue weighted by Crippen LogP contribution is 2.36. The number of carboxylic acids is 1. The van der Waals surface area contributed by atoms with Gasteiger partial charge in [-0.25, -0.2) is 4.79 Å². The number of carboxylic acid groups (broad SMARTS) is 1. The summed E-state index contributed by atoms with van der Waals surface area (Å²) in [5.74, 6) is -1.63. The fourth-order valence-electron chi connectivity index (χ4n) is 2.71. The van der Waals surface area contributed by atoms with Crippen molar-refractivity contribution in [2.24, 2.45) is 0 Å². The van der Waals surface area contributed by atoms with Gasteiger partial charge in [0.15, 0.2) is 17.2 Å². The fourth-order valence-corrected chi connectivity index (χ4v) is 2.71. The van der Waals surface area contributed by atoms with E-state index in [0.29, 0.717) is 12.4 Å². The summed E-state index contributed by atoms with van der Waals surface area (Å²) in [5, 5.41) is 53.5. The first kappa shape index (κ1) is 24.0. The van der Waals surface area contributed by atoms with Gasteiger partial charge in [0, 0.05) is 17.7 Å². The smallest absolute Gasteiger partial charge is 0.335 e. The van der Waals surface area contributed by atoms with Crippen molar-refractivity contribution in [2.45, 2.75) is 12.8 Å².